The molecule has 1 aromatic rings. The number of hydrogen-bond donors (Lipinski definition) is 1. The van der Waals surface area contributed by atoms with Gasteiger partial charge in [-0.05, 0) is 19.4 Å². The van der Waals surface area contributed by atoms with Gasteiger partial charge in [-0.25, -0.2) is 4.98 Å². The predicted molar refractivity (Wildman–Crippen MR) is 68.9 cm³/mol. The third-order valence-corrected chi connectivity index (χ3v) is 3.79. The first kappa shape index (κ1) is 13.6. The lowest BCUT2D eigenvalue weighted by Crippen LogP contribution is -2.11. The van der Waals surface area contributed by atoms with Crippen LogP contribution in [0.3, 0.4) is 0 Å². The predicted octanol–water partition coefficient (Wildman–Crippen LogP) is 2.91. The normalized spacial score (nSPS) is 13.0. The highest BCUT2D eigenvalue weighted by atomic mass is 32.1. The fraction of sp³-hybridized carbons (Fsp3) is 0.750. The molecule has 1 aromatic heterocycles. The molecule has 1 rings (SSSR count). The van der Waals surface area contributed by atoms with Gasteiger partial charge >= 0.3 is 0 Å². The lowest BCUT2D eigenvalue weighted by atomic mass is 10.2. The van der Waals surface area contributed by atoms with Crippen molar-refractivity contribution >= 4 is 11.3 Å². The quantitative estimate of drug-likeness (QED) is 0.798. The van der Waals surface area contributed by atoms with Crippen LogP contribution in [0.25, 0.3) is 0 Å². The summed E-state index contributed by atoms with van der Waals surface area (Å²) in [5.41, 5.74) is 1.22. The van der Waals surface area contributed by atoms with E-state index in [9.17, 15) is 0 Å². The van der Waals surface area contributed by atoms with Crippen LogP contribution in [0.4, 0.5) is 0 Å². The fourth-order valence-corrected chi connectivity index (χ4v) is 2.92. The molecule has 0 radical (unpaired) electrons. The second-order valence-electron chi connectivity index (χ2n) is 3.69. The number of aryl methyl sites for hydroxylation is 1. The summed E-state index contributed by atoms with van der Waals surface area (Å²) >= 11 is 1.78. The van der Waals surface area contributed by atoms with Crippen molar-refractivity contribution in [2.75, 3.05) is 13.7 Å². The van der Waals surface area contributed by atoms with E-state index in [2.05, 4.69) is 31.1 Å². The highest BCUT2D eigenvalue weighted by molar-refractivity contribution is 7.11. The van der Waals surface area contributed by atoms with Crippen molar-refractivity contribution in [3.63, 3.8) is 0 Å². The minimum Gasteiger partial charge on any atom is -0.374 e. The molecule has 16 heavy (non-hydrogen) atoms. The lowest BCUT2D eigenvalue weighted by molar-refractivity contribution is 0.0997. The van der Waals surface area contributed by atoms with Gasteiger partial charge in [0.05, 0.1) is 5.69 Å². The van der Waals surface area contributed by atoms with E-state index in [0.29, 0.717) is 0 Å². The Kier molecular flexibility index (Phi) is 5.95. The molecule has 1 atom stereocenters. The number of aromatic nitrogens is 1. The zero-order valence-corrected chi connectivity index (χ0v) is 11.5. The standard InChI is InChI=1S/C12H22N2OS/c1-5-9-11(8-13-7-3)16-12(14-9)10(6-2)15-4/h10,13H,5-8H2,1-4H3. The van der Waals surface area contributed by atoms with Crippen molar-refractivity contribution in [3.8, 4) is 0 Å². The summed E-state index contributed by atoms with van der Waals surface area (Å²) in [6.45, 7) is 8.33. The van der Waals surface area contributed by atoms with Crippen LogP contribution >= 0.6 is 11.3 Å². The smallest absolute Gasteiger partial charge is 0.122 e. The Labute approximate surface area is 102 Å². The Morgan fingerprint density at radius 2 is 2.12 bits per heavy atom. The Morgan fingerprint density at radius 1 is 1.38 bits per heavy atom. The monoisotopic (exact) mass is 242 g/mol. The van der Waals surface area contributed by atoms with Crippen LogP contribution in [-0.2, 0) is 17.7 Å². The van der Waals surface area contributed by atoms with Gasteiger partial charge in [0, 0.05) is 18.5 Å². The molecule has 0 aliphatic carbocycles. The SMILES string of the molecule is CCNCc1sc(C(CC)OC)nc1CC. The van der Waals surface area contributed by atoms with Crippen molar-refractivity contribution in [3.05, 3.63) is 15.6 Å². The molecule has 3 nitrogen and oxygen atoms in total. The first-order valence-electron chi connectivity index (χ1n) is 5.98. The molecule has 0 bridgehead atoms. The van der Waals surface area contributed by atoms with Crippen molar-refractivity contribution in [2.24, 2.45) is 0 Å². The van der Waals surface area contributed by atoms with Gasteiger partial charge in [0.15, 0.2) is 0 Å². The van der Waals surface area contributed by atoms with Crippen LogP contribution in [0.2, 0.25) is 0 Å². The molecular weight excluding hydrogens is 220 g/mol. The Bertz CT molecular complexity index is 308. The van der Waals surface area contributed by atoms with E-state index in [0.717, 1.165) is 30.9 Å². The summed E-state index contributed by atoms with van der Waals surface area (Å²) in [7, 11) is 1.76. The van der Waals surface area contributed by atoms with Crippen LogP contribution in [0.1, 0.15) is 48.9 Å². The number of hydrogen-bond acceptors (Lipinski definition) is 4. The van der Waals surface area contributed by atoms with E-state index in [4.69, 9.17) is 4.74 Å². The van der Waals surface area contributed by atoms with Gasteiger partial charge in [-0.3, -0.25) is 0 Å². The maximum Gasteiger partial charge on any atom is 0.122 e. The molecule has 0 saturated carbocycles. The summed E-state index contributed by atoms with van der Waals surface area (Å²) in [4.78, 5) is 6.03. The molecule has 0 fully saturated rings. The first-order chi connectivity index (χ1) is 7.76. The zero-order valence-electron chi connectivity index (χ0n) is 10.7. The Hall–Kier alpha value is -0.450. The number of thiazole rings is 1. The Morgan fingerprint density at radius 3 is 2.62 bits per heavy atom. The van der Waals surface area contributed by atoms with Crippen LogP contribution in [0.5, 0.6) is 0 Å². The van der Waals surface area contributed by atoms with Crippen molar-refractivity contribution in [2.45, 2.75) is 46.3 Å². The van der Waals surface area contributed by atoms with Crippen molar-refractivity contribution in [1.82, 2.24) is 10.3 Å². The van der Waals surface area contributed by atoms with E-state index in [-0.39, 0.29) is 6.10 Å². The molecule has 0 aliphatic heterocycles. The van der Waals surface area contributed by atoms with Crippen LogP contribution in [-0.4, -0.2) is 18.6 Å². The molecule has 92 valence electrons. The highest BCUT2D eigenvalue weighted by Gasteiger charge is 2.16. The zero-order chi connectivity index (χ0) is 12.0. The maximum atomic E-state index is 5.43. The molecular formula is C12H22N2OS. The van der Waals surface area contributed by atoms with E-state index < -0.39 is 0 Å². The van der Waals surface area contributed by atoms with Gasteiger partial charge in [0.1, 0.15) is 11.1 Å². The van der Waals surface area contributed by atoms with Gasteiger partial charge in [-0.15, -0.1) is 11.3 Å². The summed E-state index contributed by atoms with van der Waals surface area (Å²) in [6.07, 6.45) is 2.14. The third-order valence-electron chi connectivity index (χ3n) is 2.60. The molecule has 1 N–H and O–H groups in total. The largest absolute Gasteiger partial charge is 0.374 e. The highest BCUT2D eigenvalue weighted by Crippen LogP contribution is 2.28. The second kappa shape index (κ2) is 6.99. The molecule has 0 aliphatic rings. The number of nitrogens with one attached hydrogen (secondary N) is 1. The summed E-state index contributed by atoms with van der Waals surface area (Å²) in [6, 6.07) is 0. The van der Waals surface area contributed by atoms with E-state index in [1.165, 1.54) is 10.6 Å². The average Bonchev–Trinajstić information content (AvgIpc) is 2.71. The minimum absolute atomic E-state index is 0.158. The van der Waals surface area contributed by atoms with Gasteiger partial charge < -0.3 is 10.1 Å². The maximum absolute atomic E-state index is 5.43. The van der Waals surface area contributed by atoms with E-state index in [1.807, 2.05) is 0 Å². The van der Waals surface area contributed by atoms with Gasteiger partial charge in [-0.2, -0.15) is 0 Å². The molecule has 0 saturated heterocycles. The number of ether oxygens (including phenoxy) is 1. The fourth-order valence-electron chi connectivity index (χ4n) is 1.64. The molecule has 0 spiro atoms. The third kappa shape index (κ3) is 3.27. The van der Waals surface area contributed by atoms with Crippen molar-refractivity contribution in [1.29, 1.82) is 0 Å². The van der Waals surface area contributed by atoms with Crippen LogP contribution in [0, 0.1) is 0 Å². The lowest BCUT2D eigenvalue weighted by Gasteiger charge is -2.08. The Balaban J connectivity index is 2.83. The molecule has 0 aromatic carbocycles. The first-order valence-corrected chi connectivity index (χ1v) is 6.80. The second-order valence-corrected chi connectivity index (χ2v) is 4.80. The molecule has 0 amide bonds. The average molecular weight is 242 g/mol. The van der Waals surface area contributed by atoms with Gasteiger partial charge in [0.2, 0.25) is 0 Å². The molecule has 1 unspecified atom stereocenters. The minimum atomic E-state index is 0.158. The van der Waals surface area contributed by atoms with E-state index in [1.54, 1.807) is 18.4 Å². The van der Waals surface area contributed by atoms with Crippen molar-refractivity contribution < 1.29 is 4.74 Å². The van der Waals surface area contributed by atoms with Crippen LogP contribution in [0.15, 0.2) is 0 Å². The molecule has 4 heteroatoms. The van der Waals surface area contributed by atoms with Gasteiger partial charge in [0.25, 0.3) is 0 Å². The summed E-state index contributed by atoms with van der Waals surface area (Å²) in [5.74, 6) is 0. The topological polar surface area (TPSA) is 34.1 Å². The number of methoxy groups -OCH3 is 1. The van der Waals surface area contributed by atoms with E-state index >= 15 is 0 Å². The summed E-state index contributed by atoms with van der Waals surface area (Å²) in [5, 5.41) is 4.48. The molecule has 1 heterocycles. The van der Waals surface area contributed by atoms with Gasteiger partial charge in [-0.1, -0.05) is 20.8 Å². The summed E-state index contributed by atoms with van der Waals surface area (Å²) < 4.78 is 5.43. The number of nitrogens with zero attached hydrogens (tertiary/aromatic N) is 1. The van der Waals surface area contributed by atoms with Crippen LogP contribution < -0.4 is 5.32 Å². The number of rotatable bonds is 7.